The molecule has 2 aromatic carbocycles. The molecule has 1 aliphatic heterocycles. The molecule has 2 N–H and O–H groups in total. The zero-order valence-electron chi connectivity index (χ0n) is 19.2. The normalized spacial score (nSPS) is 14.5. The molecule has 0 atom stereocenters. The number of carbonyl (C=O) groups is 1. The Kier molecular flexibility index (Phi) is 6.10. The molecule has 1 saturated heterocycles. The van der Waals surface area contributed by atoms with Crippen molar-refractivity contribution in [2.45, 2.75) is 25.3 Å². The summed E-state index contributed by atoms with van der Waals surface area (Å²) in [5.74, 6) is 2.70. The van der Waals surface area contributed by atoms with E-state index in [4.69, 9.17) is 21.7 Å². The summed E-state index contributed by atoms with van der Waals surface area (Å²) in [5.41, 5.74) is 3.27. The number of benzene rings is 2. The summed E-state index contributed by atoms with van der Waals surface area (Å²) in [6.45, 7) is 1.58. The highest BCUT2D eigenvalue weighted by atomic mass is 32.1. The number of nitrogens with zero attached hydrogens (tertiary/aromatic N) is 3. The Balaban J connectivity index is 1.27. The first-order chi connectivity index (χ1) is 16.6. The fourth-order valence-corrected chi connectivity index (χ4v) is 4.88. The van der Waals surface area contributed by atoms with Gasteiger partial charge in [-0.1, -0.05) is 0 Å². The maximum Gasteiger partial charge on any atom is 0.242 e. The Labute approximate surface area is 202 Å². The SMILES string of the molecule is COc1ccc(-c2n[nH]c(=S)n2CC(=O)N2CCC(c3c[nH]c4ccc(OC)cc34)CC2)cc1. The van der Waals surface area contributed by atoms with Crippen LogP contribution >= 0.6 is 12.2 Å². The first-order valence-electron chi connectivity index (χ1n) is 11.3. The lowest BCUT2D eigenvalue weighted by Crippen LogP contribution is -2.39. The van der Waals surface area contributed by atoms with Crippen LogP contribution in [0.2, 0.25) is 0 Å². The van der Waals surface area contributed by atoms with Crippen LogP contribution in [0.15, 0.2) is 48.7 Å². The minimum atomic E-state index is 0.0475. The molecule has 0 radical (unpaired) electrons. The maximum absolute atomic E-state index is 13.2. The number of hydrogen-bond donors (Lipinski definition) is 2. The van der Waals surface area contributed by atoms with E-state index in [0.717, 1.165) is 35.4 Å². The number of H-pyrrole nitrogens is 2. The Bertz CT molecular complexity index is 1360. The van der Waals surface area contributed by atoms with Gasteiger partial charge in [-0.3, -0.25) is 14.5 Å². The van der Waals surface area contributed by atoms with Gasteiger partial charge in [-0.15, -0.1) is 0 Å². The van der Waals surface area contributed by atoms with Crippen molar-refractivity contribution >= 4 is 29.0 Å². The van der Waals surface area contributed by atoms with Gasteiger partial charge in [0.25, 0.3) is 0 Å². The number of amides is 1. The Morgan fingerprint density at radius 2 is 1.79 bits per heavy atom. The standard InChI is InChI=1S/C25H27N5O3S/c1-32-18-5-3-17(4-6-18)24-27-28-25(34)30(24)15-23(31)29-11-9-16(10-12-29)21-14-26-22-8-7-19(33-2)13-20(21)22/h3-8,13-14,16,26H,9-12,15H2,1-2H3,(H,28,34). The molecule has 5 rings (SSSR count). The summed E-state index contributed by atoms with van der Waals surface area (Å²) in [5, 5.41) is 8.37. The van der Waals surface area contributed by atoms with Gasteiger partial charge in [0.1, 0.15) is 18.0 Å². The molecule has 4 aromatic rings. The number of methoxy groups -OCH3 is 2. The molecule has 0 spiro atoms. The Morgan fingerprint density at radius 3 is 2.50 bits per heavy atom. The highest BCUT2D eigenvalue weighted by molar-refractivity contribution is 7.71. The van der Waals surface area contributed by atoms with Crippen LogP contribution in [0.4, 0.5) is 0 Å². The lowest BCUT2D eigenvalue weighted by Gasteiger charge is -2.32. The largest absolute Gasteiger partial charge is 0.497 e. The van der Waals surface area contributed by atoms with Crippen molar-refractivity contribution in [3.8, 4) is 22.9 Å². The number of fused-ring (bicyclic) bond motifs is 1. The first-order valence-corrected chi connectivity index (χ1v) is 11.7. The van der Waals surface area contributed by atoms with E-state index in [2.05, 4.69) is 27.4 Å². The predicted molar refractivity (Wildman–Crippen MR) is 133 cm³/mol. The molecule has 0 saturated carbocycles. The third-order valence-corrected chi connectivity index (χ3v) is 6.92. The smallest absolute Gasteiger partial charge is 0.242 e. The zero-order chi connectivity index (χ0) is 23.7. The Hall–Kier alpha value is -3.59. The van der Waals surface area contributed by atoms with E-state index in [1.807, 2.05) is 41.3 Å². The van der Waals surface area contributed by atoms with E-state index < -0.39 is 0 Å². The van der Waals surface area contributed by atoms with Crippen LogP contribution in [0, 0.1) is 4.77 Å². The number of likely N-dealkylation sites (tertiary alicyclic amines) is 1. The third kappa shape index (κ3) is 4.19. The summed E-state index contributed by atoms with van der Waals surface area (Å²) < 4.78 is 12.8. The highest BCUT2D eigenvalue weighted by Gasteiger charge is 2.26. The molecule has 8 nitrogen and oxygen atoms in total. The summed E-state index contributed by atoms with van der Waals surface area (Å²) >= 11 is 5.42. The van der Waals surface area contributed by atoms with Gasteiger partial charge in [0, 0.05) is 35.8 Å². The van der Waals surface area contributed by atoms with Crippen LogP contribution in [-0.4, -0.2) is 57.9 Å². The molecule has 0 unspecified atom stereocenters. The van der Waals surface area contributed by atoms with E-state index in [1.54, 1.807) is 18.8 Å². The molecule has 3 heterocycles. The maximum atomic E-state index is 13.2. The lowest BCUT2D eigenvalue weighted by atomic mass is 9.89. The summed E-state index contributed by atoms with van der Waals surface area (Å²) in [6.07, 6.45) is 3.92. The van der Waals surface area contributed by atoms with E-state index in [9.17, 15) is 4.79 Å². The van der Waals surface area contributed by atoms with Crippen LogP contribution in [0.1, 0.15) is 24.3 Å². The number of ether oxygens (including phenoxy) is 2. The fraction of sp³-hybridized carbons (Fsp3) is 0.320. The quantitative estimate of drug-likeness (QED) is 0.399. The molecule has 2 aromatic heterocycles. The van der Waals surface area contributed by atoms with E-state index in [1.165, 1.54) is 10.9 Å². The van der Waals surface area contributed by atoms with Crippen LogP contribution in [0.3, 0.4) is 0 Å². The van der Waals surface area contributed by atoms with Crippen molar-refractivity contribution in [2.75, 3.05) is 27.3 Å². The van der Waals surface area contributed by atoms with Gasteiger partial charge in [-0.05, 0) is 79.0 Å². The van der Waals surface area contributed by atoms with Crippen LogP contribution in [-0.2, 0) is 11.3 Å². The van der Waals surface area contributed by atoms with Gasteiger partial charge in [-0.2, -0.15) is 5.10 Å². The van der Waals surface area contributed by atoms with Gasteiger partial charge >= 0.3 is 0 Å². The molecule has 1 amide bonds. The molecular formula is C25H27N5O3S. The summed E-state index contributed by atoms with van der Waals surface area (Å²) in [4.78, 5) is 18.5. The average molecular weight is 478 g/mol. The van der Waals surface area contributed by atoms with Crippen molar-refractivity contribution in [1.82, 2.24) is 24.6 Å². The number of piperidine rings is 1. The van der Waals surface area contributed by atoms with E-state index >= 15 is 0 Å². The fourth-order valence-electron chi connectivity index (χ4n) is 4.69. The third-order valence-electron chi connectivity index (χ3n) is 6.61. The van der Waals surface area contributed by atoms with Crippen molar-refractivity contribution in [1.29, 1.82) is 0 Å². The molecule has 1 fully saturated rings. The first kappa shape index (κ1) is 22.2. The van der Waals surface area contributed by atoms with Crippen molar-refractivity contribution < 1.29 is 14.3 Å². The molecule has 0 bridgehead atoms. The van der Waals surface area contributed by atoms with Gasteiger partial charge in [0.05, 0.1) is 14.2 Å². The van der Waals surface area contributed by atoms with Crippen LogP contribution < -0.4 is 9.47 Å². The minimum Gasteiger partial charge on any atom is -0.497 e. The predicted octanol–water partition coefficient (Wildman–Crippen LogP) is 4.51. The van der Waals surface area contributed by atoms with E-state index in [0.29, 0.717) is 29.6 Å². The lowest BCUT2D eigenvalue weighted by molar-refractivity contribution is -0.132. The molecule has 0 aliphatic carbocycles. The van der Waals surface area contributed by atoms with Gasteiger partial charge in [-0.25, -0.2) is 0 Å². The Morgan fingerprint density at radius 1 is 1.09 bits per heavy atom. The van der Waals surface area contributed by atoms with Crippen LogP contribution in [0.5, 0.6) is 11.5 Å². The second-order valence-electron chi connectivity index (χ2n) is 8.48. The number of aromatic nitrogens is 4. The van der Waals surface area contributed by atoms with Crippen molar-refractivity contribution in [3.63, 3.8) is 0 Å². The summed E-state index contributed by atoms with van der Waals surface area (Å²) in [6, 6.07) is 13.6. The van der Waals surface area contributed by atoms with Gasteiger partial charge in [0.15, 0.2) is 10.6 Å². The summed E-state index contributed by atoms with van der Waals surface area (Å²) in [7, 11) is 3.31. The number of aromatic amines is 2. The van der Waals surface area contributed by atoms with Crippen molar-refractivity contribution in [2.24, 2.45) is 0 Å². The molecule has 1 aliphatic rings. The average Bonchev–Trinajstić information content (AvgIpc) is 3.47. The van der Waals surface area contributed by atoms with Crippen molar-refractivity contribution in [3.05, 3.63) is 59.0 Å². The molecule has 34 heavy (non-hydrogen) atoms. The number of nitrogens with one attached hydrogen (secondary N) is 2. The second-order valence-corrected chi connectivity index (χ2v) is 8.86. The molecular weight excluding hydrogens is 450 g/mol. The monoisotopic (exact) mass is 477 g/mol. The number of hydrogen-bond acceptors (Lipinski definition) is 5. The van der Waals surface area contributed by atoms with Crippen LogP contribution in [0.25, 0.3) is 22.3 Å². The number of carbonyl (C=O) groups excluding carboxylic acids is 1. The molecule has 9 heteroatoms. The van der Waals surface area contributed by atoms with E-state index in [-0.39, 0.29) is 12.5 Å². The van der Waals surface area contributed by atoms with Gasteiger partial charge < -0.3 is 19.4 Å². The second kappa shape index (κ2) is 9.34. The molecule has 176 valence electrons. The topological polar surface area (TPSA) is 88.2 Å². The highest BCUT2D eigenvalue weighted by Crippen LogP contribution is 2.35. The van der Waals surface area contributed by atoms with Gasteiger partial charge in [0.2, 0.25) is 5.91 Å². The number of rotatable bonds is 6. The minimum absolute atomic E-state index is 0.0475. The zero-order valence-corrected chi connectivity index (χ0v) is 20.0.